The first-order chi connectivity index (χ1) is 11.9. The number of aromatic nitrogens is 1. The molecule has 0 aliphatic carbocycles. The maximum absolute atomic E-state index is 12.6. The second-order valence-electron chi connectivity index (χ2n) is 6.95. The van der Waals surface area contributed by atoms with E-state index < -0.39 is 5.91 Å². The molecule has 0 unspecified atom stereocenters. The summed E-state index contributed by atoms with van der Waals surface area (Å²) in [5.41, 5.74) is 7.71. The van der Waals surface area contributed by atoms with Gasteiger partial charge in [0, 0.05) is 24.7 Å². The first kappa shape index (κ1) is 17.2. The van der Waals surface area contributed by atoms with Crippen LogP contribution in [0, 0.1) is 5.92 Å². The highest BCUT2D eigenvalue weighted by molar-refractivity contribution is 5.93. The van der Waals surface area contributed by atoms with Gasteiger partial charge >= 0.3 is 0 Å². The molecule has 2 aromatic rings. The second-order valence-corrected chi connectivity index (χ2v) is 6.95. The van der Waals surface area contributed by atoms with Gasteiger partial charge in [-0.05, 0) is 42.4 Å². The lowest BCUT2D eigenvalue weighted by Crippen LogP contribution is -2.28. The van der Waals surface area contributed by atoms with Gasteiger partial charge in [0.15, 0.2) is 0 Å². The highest BCUT2D eigenvalue weighted by Gasteiger charge is 2.29. The Hall–Kier alpha value is -2.63. The molecule has 1 aromatic heterocycles. The molecule has 2 N–H and O–H groups in total. The molecule has 0 saturated carbocycles. The molecule has 1 aromatic carbocycles. The number of benzene rings is 1. The van der Waals surface area contributed by atoms with Crippen LogP contribution in [0.5, 0.6) is 0 Å². The molecular weight excluding hydrogens is 318 g/mol. The SMILES string of the molecule is CC(C)c1cc(C(=O)N2CC[C@H](Cc3cccc(C(N)=O)c3)C2)on1. The molecule has 6 nitrogen and oxygen atoms in total. The van der Waals surface area contributed by atoms with Crippen LogP contribution in [-0.2, 0) is 6.42 Å². The smallest absolute Gasteiger partial charge is 0.292 e. The topological polar surface area (TPSA) is 89.4 Å². The zero-order valence-electron chi connectivity index (χ0n) is 14.6. The van der Waals surface area contributed by atoms with Crippen molar-refractivity contribution in [3.05, 3.63) is 52.9 Å². The van der Waals surface area contributed by atoms with E-state index in [0.29, 0.717) is 30.3 Å². The molecule has 2 heterocycles. The van der Waals surface area contributed by atoms with Gasteiger partial charge in [-0.3, -0.25) is 9.59 Å². The van der Waals surface area contributed by atoms with E-state index in [1.54, 1.807) is 12.1 Å². The van der Waals surface area contributed by atoms with Gasteiger partial charge in [0.05, 0.1) is 5.69 Å². The van der Waals surface area contributed by atoms with Crippen LogP contribution in [0.4, 0.5) is 0 Å². The molecule has 1 atom stereocenters. The molecule has 3 rings (SSSR count). The maximum atomic E-state index is 12.6. The van der Waals surface area contributed by atoms with Gasteiger partial charge in [-0.25, -0.2) is 0 Å². The van der Waals surface area contributed by atoms with Gasteiger partial charge < -0.3 is 15.2 Å². The van der Waals surface area contributed by atoms with Crippen molar-refractivity contribution in [1.29, 1.82) is 0 Å². The Bertz CT molecular complexity index is 782. The van der Waals surface area contributed by atoms with E-state index in [2.05, 4.69) is 5.16 Å². The zero-order chi connectivity index (χ0) is 18.0. The van der Waals surface area contributed by atoms with Gasteiger partial charge in [0.25, 0.3) is 5.91 Å². The number of nitrogens with two attached hydrogens (primary N) is 1. The van der Waals surface area contributed by atoms with Crippen LogP contribution in [0.1, 0.15) is 58.4 Å². The summed E-state index contributed by atoms with van der Waals surface area (Å²) in [4.78, 5) is 25.7. The molecule has 6 heteroatoms. The van der Waals surface area contributed by atoms with Crippen molar-refractivity contribution in [3.8, 4) is 0 Å². The predicted octanol–water partition coefficient (Wildman–Crippen LogP) is 2.60. The van der Waals surface area contributed by atoms with E-state index in [0.717, 1.165) is 24.1 Å². The van der Waals surface area contributed by atoms with Gasteiger partial charge in [0.2, 0.25) is 11.7 Å². The number of primary amides is 1. The zero-order valence-corrected chi connectivity index (χ0v) is 14.6. The van der Waals surface area contributed by atoms with Crippen LogP contribution in [-0.4, -0.2) is 35.0 Å². The van der Waals surface area contributed by atoms with Crippen molar-refractivity contribution in [1.82, 2.24) is 10.1 Å². The van der Waals surface area contributed by atoms with Crippen LogP contribution >= 0.6 is 0 Å². The number of nitrogens with zero attached hydrogens (tertiary/aromatic N) is 2. The van der Waals surface area contributed by atoms with Crippen LogP contribution in [0.3, 0.4) is 0 Å². The monoisotopic (exact) mass is 341 g/mol. The fourth-order valence-corrected chi connectivity index (χ4v) is 3.19. The molecule has 0 spiro atoms. The summed E-state index contributed by atoms with van der Waals surface area (Å²) in [6.45, 7) is 5.41. The lowest BCUT2D eigenvalue weighted by molar-refractivity contribution is 0.0745. The van der Waals surface area contributed by atoms with Gasteiger partial charge in [0.1, 0.15) is 0 Å². The van der Waals surface area contributed by atoms with Crippen molar-refractivity contribution in [2.75, 3.05) is 13.1 Å². The van der Waals surface area contributed by atoms with Crippen molar-refractivity contribution >= 4 is 11.8 Å². The Kier molecular flexibility index (Phi) is 4.88. The Morgan fingerprint density at radius 2 is 2.16 bits per heavy atom. The third-order valence-electron chi connectivity index (χ3n) is 4.64. The molecule has 1 aliphatic heterocycles. The Labute approximate surface area is 147 Å². The van der Waals surface area contributed by atoms with E-state index in [1.807, 2.05) is 36.9 Å². The second kappa shape index (κ2) is 7.09. The number of likely N-dealkylation sites (tertiary alicyclic amines) is 1. The Morgan fingerprint density at radius 3 is 2.84 bits per heavy atom. The highest BCUT2D eigenvalue weighted by Crippen LogP contribution is 2.24. The third-order valence-corrected chi connectivity index (χ3v) is 4.64. The lowest BCUT2D eigenvalue weighted by atomic mass is 9.97. The molecule has 2 amide bonds. The van der Waals surface area contributed by atoms with Crippen LogP contribution < -0.4 is 5.73 Å². The van der Waals surface area contributed by atoms with E-state index >= 15 is 0 Å². The fourth-order valence-electron chi connectivity index (χ4n) is 3.19. The van der Waals surface area contributed by atoms with Gasteiger partial charge in [-0.15, -0.1) is 0 Å². The summed E-state index contributed by atoms with van der Waals surface area (Å²) in [5.74, 6) is 0.373. The number of rotatable bonds is 5. The molecule has 25 heavy (non-hydrogen) atoms. The standard InChI is InChI=1S/C19H23N3O3/c1-12(2)16-10-17(25-21-16)19(24)22-7-6-14(11-22)8-13-4-3-5-15(9-13)18(20)23/h3-5,9-10,12,14H,6-8,11H2,1-2H3,(H2,20,23)/t14-/m1/s1. The minimum absolute atomic E-state index is 0.104. The number of hydrogen-bond donors (Lipinski definition) is 1. The number of carbonyl (C=O) groups is 2. The Balaban J connectivity index is 1.62. The van der Waals surface area contributed by atoms with Gasteiger partial charge in [-0.2, -0.15) is 0 Å². The minimum atomic E-state index is -0.420. The molecule has 1 saturated heterocycles. The lowest BCUT2D eigenvalue weighted by Gasteiger charge is -2.15. The van der Waals surface area contributed by atoms with Gasteiger partial charge in [-0.1, -0.05) is 31.1 Å². The van der Waals surface area contributed by atoms with Crippen LogP contribution in [0.15, 0.2) is 34.9 Å². The summed E-state index contributed by atoms with van der Waals surface area (Å²) in [6.07, 6.45) is 1.75. The van der Waals surface area contributed by atoms with Crippen molar-refractivity contribution in [2.24, 2.45) is 11.7 Å². The molecule has 1 aliphatic rings. The average molecular weight is 341 g/mol. The quantitative estimate of drug-likeness (QED) is 0.905. The summed E-state index contributed by atoms with van der Waals surface area (Å²) >= 11 is 0. The first-order valence-electron chi connectivity index (χ1n) is 8.58. The maximum Gasteiger partial charge on any atom is 0.292 e. The molecule has 1 fully saturated rings. The largest absolute Gasteiger partial charge is 0.366 e. The number of hydrogen-bond acceptors (Lipinski definition) is 4. The summed E-state index contributed by atoms with van der Waals surface area (Å²) in [6, 6.07) is 9.11. The first-order valence-corrected chi connectivity index (χ1v) is 8.58. The summed E-state index contributed by atoms with van der Waals surface area (Å²) in [7, 11) is 0. The predicted molar refractivity (Wildman–Crippen MR) is 93.3 cm³/mol. The van der Waals surface area contributed by atoms with E-state index in [9.17, 15) is 9.59 Å². The molecule has 0 bridgehead atoms. The fraction of sp³-hybridized carbons (Fsp3) is 0.421. The summed E-state index contributed by atoms with van der Waals surface area (Å²) < 4.78 is 5.20. The third kappa shape index (κ3) is 3.90. The molecule has 0 radical (unpaired) electrons. The highest BCUT2D eigenvalue weighted by atomic mass is 16.5. The number of carbonyl (C=O) groups excluding carboxylic acids is 2. The molecular formula is C19H23N3O3. The molecule has 132 valence electrons. The van der Waals surface area contributed by atoms with Crippen molar-refractivity contribution in [3.63, 3.8) is 0 Å². The van der Waals surface area contributed by atoms with Crippen molar-refractivity contribution in [2.45, 2.75) is 32.6 Å². The normalized spacial score (nSPS) is 17.2. The van der Waals surface area contributed by atoms with E-state index in [1.165, 1.54) is 0 Å². The number of amides is 2. The average Bonchev–Trinajstić information content (AvgIpc) is 3.24. The summed E-state index contributed by atoms with van der Waals surface area (Å²) in [5, 5.41) is 3.95. The minimum Gasteiger partial charge on any atom is -0.366 e. The van der Waals surface area contributed by atoms with Crippen LogP contribution in [0.2, 0.25) is 0 Å². The van der Waals surface area contributed by atoms with Crippen molar-refractivity contribution < 1.29 is 14.1 Å². The van der Waals surface area contributed by atoms with E-state index in [4.69, 9.17) is 10.3 Å². The van der Waals surface area contributed by atoms with Crippen LogP contribution in [0.25, 0.3) is 0 Å². The van der Waals surface area contributed by atoms with E-state index in [-0.39, 0.29) is 11.8 Å². The Morgan fingerprint density at radius 1 is 1.36 bits per heavy atom.